The van der Waals surface area contributed by atoms with E-state index >= 15 is 0 Å². The highest BCUT2D eigenvalue weighted by molar-refractivity contribution is 5.25. The molecule has 0 bridgehead atoms. The predicted molar refractivity (Wildman–Crippen MR) is 60.6 cm³/mol. The zero-order chi connectivity index (χ0) is 11.3. The Labute approximate surface area is 90.9 Å². The summed E-state index contributed by atoms with van der Waals surface area (Å²) in [6.07, 6.45) is 1.12. The number of aliphatic hydroxyl groups is 1. The number of hydrogen-bond donors (Lipinski definition) is 2. The van der Waals surface area contributed by atoms with Gasteiger partial charge in [0, 0.05) is 7.11 Å². The lowest BCUT2D eigenvalue weighted by atomic mass is 10.0. The summed E-state index contributed by atoms with van der Waals surface area (Å²) in [6, 6.07) is 7.69. The van der Waals surface area contributed by atoms with E-state index in [1.165, 1.54) is 5.56 Å². The van der Waals surface area contributed by atoms with Gasteiger partial charge in [-0.25, -0.2) is 0 Å². The van der Waals surface area contributed by atoms with Crippen molar-refractivity contribution >= 4 is 0 Å². The van der Waals surface area contributed by atoms with Crippen molar-refractivity contribution < 1.29 is 9.84 Å². The van der Waals surface area contributed by atoms with E-state index in [-0.39, 0.29) is 18.8 Å². The molecule has 1 aromatic carbocycles. The van der Waals surface area contributed by atoms with Gasteiger partial charge in [0.15, 0.2) is 0 Å². The number of hydrogen-bond acceptors (Lipinski definition) is 3. The minimum Gasteiger partial charge on any atom is -0.394 e. The third kappa shape index (κ3) is 3.63. The van der Waals surface area contributed by atoms with Gasteiger partial charge in [-0.05, 0) is 24.5 Å². The van der Waals surface area contributed by atoms with Crippen LogP contribution in [0.1, 0.15) is 24.1 Å². The van der Waals surface area contributed by atoms with Crippen molar-refractivity contribution in [2.75, 3.05) is 13.7 Å². The van der Waals surface area contributed by atoms with Crippen LogP contribution in [0, 0.1) is 0 Å². The number of benzene rings is 1. The molecule has 0 aliphatic carbocycles. The van der Waals surface area contributed by atoms with Crippen LogP contribution in [0.4, 0.5) is 0 Å². The molecule has 0 radical (unpaired) electrons. The summed E-state index contributed by atoms with van der Waals surface area (Å²) in [5.41, 5.74) is 7.88. The van der Waals surface area contributed by atoms with E-state index in [0.717, 1.165) is 12.0 Å². The van der Waals surface area contributed by atoms with Crippen molar-refractivity contribution in [3.05, 3.63) is 35.4 Å². The summed E-state index contributed by atoms with van der Waals surface area (Å²) in [6.45, 7) is 2.02. The molecule has 0 amide bonds. The Balaban J connectivity index is 2.64. The van der Waals surface area contributed by atoms with Crippen LogP contribution in [0.3, 0.4) is 0 Å². The first kappa shape index (κ1) is 12.2. The number of nitrogens with two attached hydrogens (primary N) is 1. The Morgan fingerprint density at radius 2 is 1.93 bits per heavy atom. The zero-order valence-electron chi connectivity index (χ0n) is 9.31. The van der Waals surface area contributed by atoms with Gasteiger partial charge in [-0.15, -0.1) is 0 Å². The number of rotatable bonds is 5. The van der Waals surface area contributed by atoms with Crippen LogP contribution < -0.4 is 5.73 Å². The number of ether oxygens (including phenoxy) is 1. The number of aliphatic hydroxyl groups excluding tert-OH is 1. The van der Waals surface area contributed by atoms with Gasteiger partial charge in [0.25, 0.3) is 0 Å². The minimum atomic E-state index is -0.279. The molecule has 84 valence electrons. The van der Waals surface area contributed by atoms with E-state index in [4.69, 9.17) is 15.6 Å². The molecule has 0 fully saturated rings. The lowest BCUT2D eigenvalue weighted by Gasteiger charge is -2.11. The van der Waals surface area contributed by atoms with Gasteiger partial charge in [-0.2, -0.15) is 0 Å². The Morgan fingerprint density at radius 3 is 2.40 bits per heavy atom. The maximum atomic E-state index is 8.90. The Kier molecular flexibility index (Phi) is 4.75. The van der Waals surface area contributed by atoms with Gasteiger partial charge in [0.1, 0.15) is 0 Å². The Bertz CT molecular complexity index is 284. The minimum absolute atomic E-state index is 0.0200. The van der Waals surface area contributed by atoms with Crippen LogP contribution >= 0.6 is 0 Å². The highest BCUT2D eigenvalue weighted by atomic mass is 16.5. The van der Waals surface area contributed by atoms with Gasteiger partial charge in [0.05, 0.1) is 18.8 Å². The van der Waals surface area contributed by atoms with E-state index in [0.29, 0.717) is 0 Å². The fourth-order valence-corrected chi connectivity index (χ4v) is 1.42. The summed E-state index contributed by atoms with van der Waals surface area (Å²) in [5, 5.41) is 8.90. The molecule has 3 heteroatoms. The summed E-state index contributed by atoms with van der Waals surface area (Å²) in [5.74, 6) is 0. The van der Waals surface area contributed by atoms with Gasteiger partial charge in [0.2, 0.25) is 0 Å². The van der Waals surface area contributed by atoms with Crippen molar-refractivity contribution in [2.45, 2.75) is 25.5 Å². The van der Waals surface area contributed by atoms with E-state index < -0.39 is 0 Å². The maximum absolute atomic E-state index is 8.90. The Hall–Kier alpha value is -0.900. The molecule has 1 aromatic rings. The molecule has 15 heavy (non-hydrogen) atoms. The van der Waals surface area contributed by atoms with Crippen LogP contribution in [0.2, 0.25) is 0 Å². The monoisotopic (exact) mass is 209 g/mol. The third-order valence-corrected chi connectivity index (χ3v) is 2.53. The van der Waals surface area contributed by atoms with Crippen LogP contribution in [0.25, 0.3) is 0 Å². The molecule has 0 saturated heterocycles. The van der Waals surface area contributed by atoms with Gasteiger partial charge in [-0.3, -0.25) is 0 Å². The normalized spacial score (nSPS) is 14.9. The second-order valence-electron chi connectivity index (χ2n) is 3.78. The maximum Gasteiger partial charge on any atom is 0.0624 e. The molecule has 0 aromatic heterocycles. The highest BCUT2D eigenvalue weighted by Crippen LogP contribution is 2.12. The van der Waals surface area contributed by atoms with Crippen molar-refractivity contribution in [3.63, 3.8) is 0 Å². The van der Waals surface area contributed by atoms with Crippen molar-refractivity contribution in [2.24, 2.45) is 5.73 Å². The highest BCUT2D eigenvalue weighted by Gasteiger charge is 2.05. The molecule has 0 spiro atoms. The van der Waals surface area contributed by atoms with E-state index in [1.54, 1.807) is 7.11 Å². The second-order valence-corrected chi connectivity index (χ2v) is 3.78. The molecule has 2 unspecified atom stereocenters. The molecule has 0 aliphatic heterocycles. The molecule has 2 atom stereocenters. The third-order valence-electron chi connectivity index (χ3n) is 2.53. The first-order valence-electron chi connectivity index (χ1n) is 5.15. The molecule has 0 saturated carbocycles. The van der Waals surface area contributed by atoms with Gasteiger partial charge in [-0.1, -0.05) is 24.3 Å². The number of methoxy groups -OCH3 is 1. The fourth-order valence-electron chi connectivity index (χ4n) is 1.42. The summed E-state index contributed by atoms with van der Waals surface area (Å²) in [4.78, 5) is 0. The summed E-state index contributed by atoms with van der Waals surface area (Å²) >= 11 is 0. The molecular weight excluding hydrogens is 190 g/mol. The van der Waals surface area contributed by atoms with Crippen LogP contribution in [0.5, 0.6) is 0 Å². The van der Waals surface area contributed by atoms with Crippen LogP contribution in [-0.4, -0.2) is 24.9 Å². The largest absolute Gasteiger partial charge is 0.394 e. The van der Waals surface area contributed by atoms with Gasteiger partial charge >= 0.3 is 0 Å². The van der Waals surface area contributed by atoms with Crippen LogP contribution in [0.15, 0.2) is 24.3 Å². The summed E-state index contributed by atoms with van der Waals surface area (Å²) in [7, 11) is 1.71. The van der Waals surface area contributed by atoms with Crippen LogP contribution in [-0.2, 0) is 11.2 Å². The lowest BCUT2D eigenvalue weighted by Crippen LogP contribution is -2.14. The standard InChI is InChI=1S/C12H19NO2/c1-9(15-2)7-10-3-5-11(6-4-10)12(13)8-14/h3-6,9,12,14H,7-8,13H2,1-2H3. The van der Waals surface area contributed by atoms with E-state index in [2.05, 4.69) is 0 Å². The van der Waals surface area contributed by atoms with Crippen molar-refractivity contribution in [3.8, 4) is 0 Å². The zero-order valence-corrected chi connectivity index (χ0v) is 9.31. The van der Waals surface area contributed by atoms with Gasteiger partial charge < -0.3 is 15.6 Å². The lowest BCUT2D eigenvalue weighted by molar-refractivity contribution is 0.119. The molecule has 1 rings (SSSR count). The molecule has 0 heterocycles. The Morgan fingerprint density at radius 1 is 1.33 bits per heavy atom. The summed E-state index contributed by atoms with van der Waals surface area (Å²) < 4.78 is 5.19. The van der Waals surface area contributed by atoms with Crippen molar-refractivity contribution in [1.29, 1.82) is 0 Å². The van der Waals surface area contributed by atoms with E-state index in [9.17, 15) is 0 Å². The average Bonchev–Trinajstić information content (AvgIpc) is 2.29. The quantitative estimate of drug-likeness (QED) is 0.767. The molecular formula is C12H19NO2. The smallest absolute Gasteiger partial charge is 0.0624 e. The predicted octanol–water partition coefficient (Wildman–Crippen LogP) is 1.26. The van der Waals surface area contributed by atoms with Crippen molar-refractivity contribution in [1.82, 2.24) is 0 Å². The topological polar surface area (TPSA) is 55.5 Å². The van der Waals surface area contributed by atoms with E-state index in [1.807, 2.05) is 31.2 Å². The average molecular weight is 209 g/mol. The SMILES string of the molecule is COC(C)Cc1ccc(C(N)CO)cc1. The molecule has 3 nitrogen and oxygen atoms in total. The molecule has 0 aliphatic rings. The first-order chi connectivity index (χ1) is 7.17. The fraction of sp³-hybridized carbons (Fsp3) is 0.500. The second kappa shape index (κ2) is 5.85. The molecule has 3 N–H and O–H groups in total. The first-order valence-corrected chi connectivity index (χ1v) is 5.15.